The van der Waals surface area contributed by atoms with Crippen molar-refractivity contribution >= 4 is 13.7 Å². The molecule has 0 radical (unpaired) electrons. The summed E-state index contributed by atoms with van der Waals surface area (Å²) in [6.07, 6.45) is 1.98. The van der Waals surface area contributed by atoms with E-state index in [0.717, 1.165) is 26.1 Å². The molecule has 1 aliphatic rings. The number of hydrogen-bond acceptors (Lipinski definition) is 3. The zero-order valence-corrected chi connectivity index (χ0v) is 19.0. The number of benzene rings is 1. The van der Waals surface area contributed by atoms with E-state index in [1.165, 1.54) is 22.0 Å². The third-order valence-electron chi connectivity index (χ3n) is 5.65. The maximum absolute atomic E-state index is 6.19. The highest BCUT2D eigenvalue weighted by Gasteiger charge is 2.38. The van der Waals surface area contributed by atoms with Gasteiger partial charge in [0.2, 0.25) is 8.38 Å². The Hall–Kier alpha value is -0.470. The zero-order valence-electron chi connectivity index (χ0n) is 18.2. The minimum atomic E-state index is -1.06. The molecule has 148 valence electrons. The van der Waals surface area contributed by atoms with Gasteiger partial charge in [-0.1, -0.05) is 60.6 Å². The molecule has 1 aliphatic heterocycles. The fourth-order valence-corrected chi connectivity index (χ4v) is 5.32. The van der Waals surface area contributed by atoms with Crippen molar-refractivity contribution < 1.29 is 13.8 Å². The second-order valence-electron chi connectivity index (χ2n) is 9.70. The molecule has 0 aliphatic carbocycles. The highest BCUT2D eigenvalue weighted by Crippen LogP contribution is 2.49. The molecule has 0 amide bonds. The number of hydrogen-bond donors (Lipinski definition) is 0. The largest absolute Gasteiger partial charge is 0.385 e. The molecule has 1 heterocycles. The SMILES string of the molecule is COCCC(C)(C)c1cc(C(C)(C)C)cc2c1P(OC)OCCC2(C)C. The first kappa shape index (κ1) is 21.8. The first-order valence-electron chi connectivity index (χ1n) is 9.59. The lowest BCUT2D eigenvalue weighted by molar-refractivity contribution is 0.174. The predicted octanol–water partition coefficient (Wildman–Crippen LogP) is 5.58. The van der Waals surface area contributed by atoms with Gasteiger partial charge in [-0.2, -0.15) is 0 Å². The van der Waals surface area contributed by atoms with E-state index in [-0.39, 0.29) is 16.2 Å². The van der Waals surface area contributed by atoms with Crippen molar-refractivity contribution in [1.82, 2.24) is 0 Å². The van der Waals surface area contributed by atoms with E-state index < -0.39 is 8.38 Å². The smallest absolute Gasteiger partial charge is 0.205 e. The standard InChI is InChI=1S/C22H37O3P/c1-20(2,3)16-14-17(21(4,5)10-12-23-8)19-18(15-16)22(6,7)11-13-25-26(19)24-9/h14-15H,10-13H2,1-9H3. The maximum atomic E-state index is 6.19. The van der Waals surface area contributed by atoms with Crippen LogP contribution in [0.4, 0.5) is 0 Å². The molecule has 1 aromatic carbocycles. The van der Waals surface area contributed by atoms with Crippen molar-refractivity contribution in [2.24, 2.45) is 0 Å². The van der Waals surface area contributed by atoms with Crippen LogP contribution in [0.2, 0.25) is 0 Å². The third-order valence-corrected chi connectivity index (χ3v) is 7.25. The lowest BCUT2D eigenvalue weighted by Gasteiger charge is -2.35. The molecule has 3 nitrogen and oxygen atoms in total. The van der Waals surface area contributed by atoms with Crippen LogP contribution in [0.15, 0.2) is 12.1 Å². The summed E-state index contributed by atoms with van der Waals surface area (Å²) < 4.78 is 17.5. The van der Waals surface area contributed by atoms with E-state index in [4.69, 9.17) is 13.8 Å². The first-order valence-corrected chi connectivity index (χ1v) is 10.8. The summed E-state index contributed by atoms with van der Waals surface area (Å²) >= 11 is 0. The van der Waals surface area contributed by atoms with Gasteiger partial charge in [0.05, 0.1) is 6.61 Å². The van der Waals surface area contributed by atoms with Crippen LogP contribution in [0, 0.1) is 0 Å². The number of methoxy groups -OCH3 is 1. The molecular formula is C22H37O3P. The lowest BCUT2D eigenvalue weighted by atomic mass is 9.72. The van der Waals surface area contributed by atoms with E-state index in [9.17, 15) is 0 Å². The Morgan fingerprint density at radius 1 is 1.12 bits per heavy atom. The van der Waals surface area contributed by atoms with Crippen LogP contribution in [0.1, 0.15) is 78.0 Å². The van der Waals surface area contributed by atoms with Crippen molar-refractivity contribution in [2.45, 2.75) is 77.6 Å². The van der Waals surface area contributed by atoms with Crippen molar-refractivity contribution in [1.29, 1.82) is 0 Å². The summed E-state index contributed by atoms with van der Waals surface area (Å²) in [6.45, 7) is 17.7. The molecule has 4 heteroatoms. The Morgan fingerprint density at radius 2 is 1.77 bits per heavy atom. The van der Waals surface area contributed by atoms with Crippen LogP contribution in [0.3, 0.4) is 0 Å². The predicted molar refractivity (Wildman–Crippen MR) is 112 cm³/mol. The third kappa shape index (κ3) is 4.50. The van der Waals surface area contributed by atoms with Crippen molar-refractivity contribution in [3.8, 4) is 0 Å². The van der Waals surface area contributed by atoms with E-state index in [0.29, 0.717) is 0 Å². The first-order chi connectivity index (χ1) is 11.9. The molecule has 0 aromatic heterocycles. The summed E-state index contributed by atoms with van der Waals surface area (Å²) in [6, 6.07) is 4.81. The summed E-state index contributed by atoms with van der Waals surface area (Å²) in [5, 5.41) is 1.29. The molecule has 0 fully saturated rings. The molecule has 1 unspecified atom stereocenters. The van der Waals surface area contributed by atoms with Crippen LogP contribution >= 0.6 is 8.38 Å². The van der Waals surface area contributed by atoms with Gasteiger partial charge in [-0.15, -0.1) is 0 Å². The summed E-state index contributed by atoms with van der Waals surface area (Å²) in [4.78, 5) is 0. The number of ether oxygens (including phenoxy) is 1. The molecule has 1 aromatic rings. The second-order valence-corrected chi connectivity index (χ2v) is 11.3. The van der Waals surface area contributed by atoms with Crippen LogP contribution in [-0.4, -0.2) is 27.4 Å². The van der Waals surface area contributed by atoms with Gasteiger partial charge in [0.25, 0.3) is 0 Å². The molecule has 0 bridgehead atoms. The average Bonchev–Trinajstić information content (AvgIpc) is 2.67. The average molecular weight is 381 g/mol. The Kier molecular flexibility index (Phi) is 6.61. The highest BCUT2D eigenvalue weighted by molar-refractivity contribution is 7.56. The van der Waals surface area contributed by atoms with E-state index >= 15 is 0 Å². The van der Waals surface area contributed by atoms with Crippen LogP contribution < -0.4 is 5.30 Å². The molecule has 0 spiro atoms. The maximum Gasteiger partial charge on any atom is 0.205 e. The number of rotatable bonds is 5. The van der Waals surface area contributed by atoms with Gasteiger partial charge in [-0.25, -0.2) is 0 Å². The number of fused-ring (bicyclic) bond motifs is 1. The van der Waals surface area contributed by atoms with Gasteiger partial charge in [-0.05, 0) is 45.8 Å². The minimum Gasteiger partial charge on any atom is -0.385 e. The monoisotopic (exact) mass is 380 g/mol. The van der Waals surface area contributed by atoms with Crippen molar-refractivity contribution in [3.05, 3.63) is 28.8 Å². The van der Waals surface area contributed by atoms with Crippen molar-refractivity contribution in [2.75, 3.05) is 27.4 Å². The van der Waals surface area contributed by atoms with Crippen LogP contribution in [0.25, 0.3) is 0 Å². The van der Waals surface area contributed by atoms with Gasteiger partial charge in [0.1, 0.15) is 0 Å². The molecule has 26 heavy (non-hydrogen) atoms. The van der Waals surface area contributed by atoms with Gasteiger partial charge in [-0.3, -0.25) is 0 Å². The molecule has 1 atom stereocenters. The topological polar surface area (TPSA) is 27.7 Å². The van der Waals surface area contributed by atoms with Crippen molar-refractivity contribution in [3.63, 3.8) is 0 Å². The lowest BCUT2D eigenvalue weighted by Crippen LogP contribution is -2.33. The summed E-state index contributed by atoms with van der Waals surface area (Å²) in [7, 11) is 2.49. The second kappa shape index (κ2) is 7.87. The summed E-state index contributed by atoms with van der Waals surface area (Å²) in [5.41, 5.74) is 4.30. The van der Waals surface area contributed by atoms with Gasteiger partial charge in [0.15, 0.2) is 0 Å². The fourth-order valence-electron chi connectivity index (χ4n) is 3.51. The van der Waals surface area contributed by atoms with Gasteiger partial charge in [0, 0.05) is 26.1 Å². The molecule has 0 N–H and O–H groups in total. The Bertz CT molecular complexity index is 629. The Balaban J connectivity index is 2.80. The molecular weight excluding hydrogens is 343 g/mol. The van der Waals surface area contributed by atoms with E-state index in [2.05, 4.69) is 60.6 Å². The van der Waals surface area contributed by atoms with E-state index in [1.54, 1.807) is 14.2 Å². The zero-order chi connectivity index (χ0) is 19.8. The molecule has 0 saturated carbocycles. The Morgan fingerprint density at radius 3 is 2.31 bits per heavy atom. The minimum absolute atomic E-state index is 0.00968. The molecule has 0 saturated heterocycles. The normalized spacial score (nSPS) is 20.6. The van der Waals surface area contributed by atoms with E-state index in [1.807, 2.05) is 0 Å². The van der Waals surface area contributed by atoms with Crippen LogP contribution in [-0.2, 0) is 30.0 Å². The summed E-state index contributed by atoms with van der Waals surface area (Å²) in [5.74, 6) is 0. The fraction of sp³-hybridized carbons (Fsp3) is 0.727. The quantitative estimate of drug-likeness (QED) is 0.624. The van der Waals surface area contributed by atoms with Gasteiger partial charge >= 0.3 is 0 Å². The Labute approximate surface area is 161 Å². The highest BCUT2D eigenvalue weighted by atomic mass is 31.2. The molecule has 2 rings (SSSR count). The van der Waals surface area contributed by atoms with Gasteiger partial charge < -0.3 is 13.8 Å². The van der Waals surface area contributed by atoms with Crippen LogP contribution in [0.5, 0.6) is 0 Å².